The number of carbonyl (C=O) groups is 1. The first-order chi connectivity index (χ1) is 22.8. The summed E-state index contributed by atoms with van der Waals surface area (Å²) in [6.07, 6.45) is -0.955. The quantitative estimate of drug-likeness (QED) is 0.181. The number of halogens is 3. The van der Waals surface area contributed by atoms with E-state index < -0.39 is 50.6 Å². The molecule has 1 amide bonds. The zero-order valence-electron chi connectivity index (χ0n) is 27.2. The number of alkyl halides is 3. The maximum absolute atomic E-state index is 14.0. The number of hydrogen-bond donors (Lipinski definition) is 3. The molecule has 12 heteroatoms. The number of hydrogen-bond acceptors (Lipinski definition) is 5. The third-order valence-electron chi connectivity index (χ3n) is 9.87. The molecule has 1 aliphatic carbocycles. The summed E-state index contributed by atoms with van der Waals surface area (Å²) in [5.41, 5.74) is 3.08. The average molecular weight is 683 g/mol. The molecule has 8 nitrogen and oxygen atoms in total. The largest absolute Gasteiger partial charge is 0.416 e. The van der Waals surface area contributed by atoms with E-state index in [1.165, 1.54) is 10.4 Å². The van der Waals surface area contributed by atoms with Crippen LogP contribution in [-0.2, 0) is 35.6 Å². The molecule has 3 aromatic carbocycles. The highest BCUT2D eigenvalue weighted by molar-refractivity contribution is 7.94. The molecule has 2 heterocycles. The van der Waals surface area contributed by atoms with Crippen LogP contribution in [0.2, 0.25) is 0 Å². The Bertz CT molecular complexity index is 1920. The Morgan fingerprint density at radius 3 is 2.42 bits per heavy atom. The lowest BCUT2D eigenvalue weighted by Crippen LogP contribution is -2.49. The summed E-state index contributed by atoms with van der Waals surface area (Å²) in [6.45, 7) is 4.24. The van der Waals surface area contributed by atoms with Gasteiger partial charge in [-0.3, -0.25) is 9.10 Å². The van der Waals surface area contributed by atoms with Crippen LogP contribution in [0.1, 0.15) is 71.8 Å². The van der Waals surface area contributed by atoms with E-state index in [0.717, 1.165) is 34.2 Å². The van der Waals surface area contributed by atoms with Gasteiger partial charge in [-0.05, 0) is 73.1 Å². The van der Waals surface area contributed by atoms with E-state index in [2.05, 4.69) is 10.6 Å². The summed E-state index contributed by atoms with van der Waals surface area (Å²) in [7, 11) is -2.13. The number of aromatic nitrogens is 1. The molecule has 256 valence electrons. The number of carbonyl (C=O) groups excluding carboxylic acids is 1. The first-order valence-electron chi connectivity index (χ1n) is 16.4. The molecule has 0 bridgehead atoms. The van der Waals surface area contributed by atoms with Crippen LogP contribution in [0.15, 0.2) is 72.9 Å². The Morgan fingerprint density at radius 2 is 1.77 bits per heavy atom. The predicted octanol–water partition coefficient (Wildman–Crippen LogP) is 5.98. The van der Waals surface area contributed by atoms with Gasteiger partial charge in [-0.15, -0.1) is 0 Å². The SMILES string of the molecule is CCc1cn2c3c(cc(C(=O)N[C@@H](Cc4ccccc4)[C@H](O)CN[C@@H](CC)c4cccc(C(F)(F)F)c4)cc13)N(C)S(=O)(=O)C1(CC1)C2. The van der Waals surface area contributed by atoms with Crippen molar-refractivity contribution in [1.82, 2.24) is 15.2 Å². The number of aryl methyl sites for hydroxylation is 1. The van der Waals surface area contributed by atoms with Gasteiger partial charge < -0.3 is 20.3 Å². The minimum Gasteiger partial charge on any atom is -0.390 e. The Morgan fingerprint density at radius 1 is 1.04 bits per heavy atom. The molecule has 1 aliphatic heterocycles. The second-order valence-corrected chi connectivity index (χ2v) is 15.4. The van der Waals surface area contributed by atoms with Gasteiger partial charge in [-0.25, -0.2) is 8.42 Å². The van der Waals surface area contributed by atoms with Crippen molar-refractivity contribution in [2.45, 2.75) is 81.6 Å². The zero-order chi connectivity index (χ0) is 34.4. The van der Waals surface area contributed by atoms with Crippen LogP contribution >= 0.6 is 0 Å². The Hall–Kier alpha value is -3.87. The molecule has 0 unspecified atom stereocenters. The molecule has 6 rings (SSSR count). The first-order valence-corrected chi connectivity index (χ1v) is 17.8. The fraction of sp³-hybridized carbons (Fsp3) is 0.417. The molecule has 1 saturated carbocycles. The van der Waals surface area contributed by atoms with Gasteiger partial charge in [0.05, 0.1) is 28.9 Å². The van der Waals surface area contributed by atoms with Gasteiger partial charge in [-0.2, -0.15) is 13.2 Å². The van der Waals surface area contributed by atoms with Crippen LogP contribution in [0, 0.1) is 0 Å². The summed E-state index contributed by atoms with van der Waals surface area (Å²) in [6, 6.07) is 16.7. The molecule has 4 aromatic rings. The topological polar surface area (TPSA) is 104 Å². The van der Waals surface area contributed by atoms with Crippen LogP contribution in [0.5, 0.6) is 0 Å². The van der Waals surface area contributed by atoms with Crippen LogP contribution < -0.4 is 14.9 Å². The number of amides is 1. The van der Waals surface area contributed by atoms with Crippen LogP contribution in [0.4, 0.5) is 18.9 Å². The van der Waals surface area contributed by atoms with Crippen molar-refractivity contribution in [2.24, 2.45) is 0 Å². The van der Waals surface area contributed by atoms with Gasteiger partial charge in [0.25, 0.3) is 5.91 Å². The summed E-state index contributed by atoms with van der Waals surface area (Å²) in [4.78, 5) is 14.0. The normalized spacial score (nSPS) is 18.4. The molecule has 1 fully saturated rings. The lowest BCUT2D eigenvalue weighted by atomic mass is 9.98. The van der Waals surface area contributed by atoms with E-state index in [1.54, 1.807) is 25.2 Å². The molecule has 0 radical (unpaired) electrons. The van der Waals surface area contributed by atoms with Gasteiger partial charge in [0.1, 0.15) is 4.75 Å². The molecular weight excluding hydrogens is 641 g/mol. The van der Waals surface area contributed by atoms with Crippen LogP contribution in [-0.4, -0.2) is 54.5 Å². The van der Waals surface area contributed by atoms with Gasteiger partial charge in [0.2, 0.25) is 10.0 Å². The van der Waals surface area contributed by atoms with E-state index >= 15 is 0 Å². The lowest BCUT2D eigenvalue weighted by molar-refractivity contribution is -0.137. The van der Waals surface area contributed by atoms with E-state index in [1.807, 2.05) is 54.9 Å². The minimum atomic E-state index is -4.47. The number of benzene rings is 3. The summed E-state index contributed by atoms with van der Waals surface area (Å²) >= 11 is 0. The summed E-state index contributed by atoms with van der Waals surface area (Å²) in [5.74, 6) is -0.468. The predicted molar refractivity (Wildman–Crippen MR) is 180 cm³/mol. The fourth-order valence-corrected chi connectivity index (χ4v) is 8.77. The second-order valence-electron chi connectivity index (χ2n) is 13.0. The standard InChI is InChI=1S/C36H41F3N4O4S/c1-4-24-21-43-22-35(14-15-35)48(46,47)42(3)31-19-26(18-28(24)33(31)43)34(45)41-30(16-23-10-7-6-8-11-23)32(44)20-40-29(5-2)25-12-9-13-27(17-25)36(37,38)39/h6-13,17-19,21,29-30,32,40,44H,4-5,14-16,20,22H2,1-3H3,(H,41,45)/t29-,30-,32+/m0/s1. The number of nitrogens with zero attached hydrogens (tertiary/aromatic N) is 2. The van der Waals surface area contributed by atoms with Gasteiger partial charge in [0, 0.05) is 43.3 Å². The van der Waals surface area contributed by atoms with Crippen LogP contribution in [0.25, 0.3) is 10.9 Å². The number of sulfonamides is 1. The van der Waals surface area contributed by atoms with Crippen molar-refractivity contribution in [1.29, 1.82) is 0 Å². The van der Waals surface area contributed by atoms with E-state index in [9.17, 15) is 31.5 Å². The summed E-state index contributed by atoms with van der Waals surface area (Å²) in [5, 5.41) is 18.5. The Labute approximate surface area is 279 Å². The number of aliphatic hydroxyl groups is 1. The molecule has 0 saturated heterocycles. The third kappa shape index (κ3) is 6.33. The smallest absolute Gasteiger partial charge is 0.390 e. The molecule has 48 heavy (non-hydrogen) atoms. The first kappa shape index (κ1) is 34.0. The molecule has 1 aromatic heterocycles. The van der Waals surface area contributed by atoms with Crippen LogP contribution in [0.3, 0.4) is 0 Å². The van der Waals surface area contributed by atoms with Crippen molar-refractivity contribution >= 4 is 32.5 Å². The van der Waals surface area contributed by atoms with Gasteiger partial charge in [0.15, 0.2) is 0 Å². The number of rotatable bonds is 11. The highest BCUT2D eigenvalue weighted by Gasteiger charge is 2.58. The Balaban J connectivity index is 1.28. The van der Waals surface area contributed by atoms with Crippen molar-refractivity contribution in [3.63, 3.8) is 0 Å². The molecule has 2 aliphatic rings. The second kappa shape index (κ2) is 12.9. The lowest BCUT2D eigenvalue weighted by Gasteiger charge is -2.27. The Kier molecular flexibility index (Phi) is 9.12. The maximum atomic E-state index is 14.0. The number of anilines is 1. The van der Waals surface area contributed by atoms with E-state index in [4.69, 9.17) is 0 Å². The van der Waals surface area contributed by atoms with Crippen molar-refractivity contribution in [2.75, 3.05) is 17.9 Å². The zero-order valence-corrected chi connectivity index (χ0v) is 28.0. The van der Waals surface area contributed by atoms with Crippen molar-refractivity contribution < 1.29 is 31.5 Å². The van der Waals surface area contributed by atoms with Crippen molar-refractivity contribution in [3.05, 3.63) is 101 Å². The van der Waals surface area contributed by atoms with Gasteiger partial charge in [-0.1, -0.05) is 56.3 Å². The summed E-state index contributed by atoms with van der Waals surface area (Å²) < 4.78 is 70.0. The molecular formula is C36H41F3N4O4S. The average Bonchev–Trinajstić information content (AvgIpc) is 3.79. The van der Waals surface area contributed by atoms with E-state index in [0.29, 0.717) is 43.5 Å². The van der Waals surface area contributed by atoms with Crippen molar-refractivity contribution in [3.8, 4) is 0 Å². The van der Waals surface area contributed by atoms with Gasteiger partial charge >= 0.3 is 6.18 Å². The molecule has 1 spiro atoms. The molecule has 3 N–H and O–H groups in total. The molecule has 3 atom stereocenters. The third-order valence-corrected chi connectivity index (χ3v) is 12.4. The number of nitrogens with one attached hydrogen (secondary N) is 2. The highest BCUT2D eigenvalue weighted by atomic mass is 32.2. The fourth-order valence-electron chi connectivity index (χ4n) is 6.87. The highest BCUT2D eigenvalue weighted by Crippen LogP contribution is 2.51. The minimum absolute atomic E-state index is 0.00269. The monoisotopic (exact) mass is 682 g/mol. The maximum Gasteiger partial charge on any atom is 0.416 e. The number of aliphatic hydroxyl groups excluding tert-OH is 1. The van der Waals surface area contributed by atoms with E-state index in [-0.39, 0.29) is 18.5 Å².